The van der Waals surface area contributed by atoms with Crippen LogP contribution in [0.25, 0.3) is 0 Å². The molecule has 0 fully saturated rings. The molecule has 0 bridgehead atoms. The lowest BCUT2D eigenvalue weighted by Gasteiger charge is -2.23. The molecule has 5 heteroatoms. The van der Waals surface area contributed by atoms with E-state index in [1.165, 1.54) is 0 Å². The highest BCUT2D eigenvalue weighted by Crippen LogP contribution is 2.20. The Labute approximate surface area is 136 Å². The van der Waals surface area contributed by atoms with Gasteiger partial charge in [0.15, 0.2) is 0 Å². The third-order valence-electron chi connectivity index (χ3n) is 3.41. The minimum Gasteiger partial charge on any atom is -0.497 e. The highest BCUT2D eigenvalue weighted by atomic mass is 16.5. The Balaban J connectivity index is 1.82. The topological polar surface area (TPSA) is 50.8 Å². The van der Waals surface area contributed by atoms with E-state index in [1.54, 1.807) is 7.11 Å². The molecule has 1 N–H and O–H groups in total. The Morgan fingerprint density at radius 2 is 1.91 bits per heavy atom. The van der Waals surface area contributed by atoms with Crippen LogP contribution in [0.15, 0.2) is 54.6 Å². The monoisotopic (exact) mass is 314 g/mol. The highest BCUT2D eigenvalue weighted by Gasteiger charge is 2.08. The van der Waals surface area contributed by atoms with Crippen molar-refractivity contribution in [3.8, 4) is 5.75 Å². The molecule has 0 saturated carbocycles. The van der Waals surface area contributed by atoms with Crippen molar-refractivity contribution in [1.82, 2.24) is 0 Å². The number of benzene rings is 2. The first-order valence-corrected chi connectivity index (χ1v) is 7.60. The molecule has 0 unspecified atom stereocenters. The van der Waals surface area contributed by atoms with E-state index in [4.69, 9.17) is 9.47 Å². The zero-order chi connectivity index (χ0) is 16.5. The number of nitrogens with zero attached hydrogens (tertiary/aromatic N) is 1. The van der Waals surface area contributed by atoms with Gasteiger partial charge in [-0.15, -0.1) is 0 Å². The van der Waals surface area contributed by atoms with Crippen LogP contribution in [-0.2, 0) is 4.74 Å². The fraction of sp³-hybridized carbons (Fsp3) is 0.278. The number of nitrogens with one attached hydrogen (secondary N) is 1. The number of hydrogen-bond donors (Lipinski definition) is 1. The van der Waals surface area contributed by atoms with E-state index < -0.39 is 6.09 Å². The molecule has 0 radical (unpaired) electrons. The van der Waals surface area contributed by atoms with E-state index in [0.717, 1.165) is 23.7 Å². The maximum atomic E-state index is 11.7. The Hall–Kier alpha value is -2.69. The minimum atomic E-state index is -0.446. The first-order valence-electron chi connectivity index (χ1n) is 7.60. The Kier molecular flexibility index (Phi) is 6.29. The number of rotatable bonds is 7. The van der Waals surface area contributed by atoms with Crippen molar-refractivity contribution in [3.05, 3.63) is 54.6 Å². The van der Waals surface area contributed by atoms with Gasteiger partial charge in [0.25, 0.3) is 0 Å². The van der Waals surface area contributed by atoms with Gasteiger partial charge in [-0.05, 0) is 31.2 Å². The molecule has 0 heterocycles. The maximum Gasteiger partial charge on any atom is 0.411 e. The van der Waals surface area contributed by atoms with Gasteiger partial charge in [-0.1, -0.05) is 24.3 Å². The minimum absolute atomic E-state index is 0.309. The molecule has 0 saturated heterocycles. The van der Waals surface area contributed by atoms with Crippen LogP contribution in [0.3, 0.4) is 0 Å². The normalized spacial score (nSPS) is 10.0. The molecule has 0 aliphatic heterocycles. The third-order valence-corrected chi connectivity index (χ3v) is 3.41. The number of carbonyl (C=O) groups is 1. The number of likely N-dealkylation sites (N-methyl/N-ethyl adjacent to an activating group) is 1. The lowest BCUT2D eigenvalue weighted by atomic mass is 10.2. The van der Waals surface area contributed by atoms with E-state index in [1.807, 2.05) is 54.6 Å². The maximum absolute atomic E-state index is 11.7. The molecule has 0 spiro atoms. The number of carbonyl (C=O) groups excluding carboxylic acids is 1. The van der Waals surface area contributed by atoms with Crippen molar-refractivity contribution in [2.24, 2.45) is 0 Å². The first-order chi connectivity index (χ1) is 11.2. The summed E-state index contributed by atoms with van der Waals surface area (Å²) in [6.45, 7) is 3.80. The van der Waals surface area contributed by atoms with Gasteiger partial charge in [-0.3, -0.25) is 5.32 Å². The summed E-state index contributed by atoms with van der Waals surface area (Å²) in [5.41, 5.74) is 1.76. The summed E-state index contributed by atoms with van der Waals surface area (Å²) < 4.78 is 10.5. The molecule has 1 amide bonds. The van der Waals surface area contributed by atoms with Gasteiger partial charge in [0, 0.05) is 24.0 Å². The number of methoxy groups -OCH3 is 1. The Morgan fingerprint density at radius 3 is 2.61 bits per heavy atom. The predicted molar refractivity (Wildman–Crippen MR) is 92.3 cm³/mol. The van der Waals surface area contributed by atoms with Crippen LogP contribution >= 0.6 is 0 Å². The van der Waals surface area contributed by atoms with Crippen LogP contribution in [0.4, 0.5) is 16.2 Å². The molecular formula is C18H22N2O3. The van der Waals surface area contributed by atoms with E-state index in [-0.39, 0.29) is 0 Å². The quantitative estimate of drug-likeness (QED) is 0.845. The van der Waals surface area contributed by atoms with Gasteiger partial charge in [-0.25, -0.2) is 4.79 Å². The first kappa shape index (κ1) is 16.7. The molecule has 0 aliphatic carbocycles. The van der Waals surface area contributed by atoms with Crippen LogP contribution < -0.4 is 15.0 Å². The van der Waals surface area contributed by atoms with Gasteiger partial charge < -0.3 is 14.4 Å². The van der Waals surface area contributed by atoms with Crippen LogP contribution in [-0.4, -0.2) is 32.9 Å². The molecular weight excluding hydrogens is 292 g/mol. The van der Waals surface area contributed by atoms with E-state index in [0.29, 0.717) is 13.2 Å². The highest BCUT2D eigenvalue weighted by molar-refractivity contribution is 5.84. The summed E-state index contributed by atoms with van der Waals surface area (Å²) in [5.74, 6) is 0.809. The molecule has 2 rings (SSSR count). The number of para-hydroxylation sites is 1. The zero-order valence-corrected chi connectivity index (χ0v) is 13.5. The molecule has 5 nitrogen and oxygen atoms in total. The van der Waals surface area contributed by atoms with Crippen molar-refractivity contribution >= 4 is 17.5 Å². The molecule has 23 heavy (non-hydrogen) atoms. The summed E-state index contributed by atoms with van der Waals surface area (Å²) in [4.78, 5) is 13.9. The van der Waals surface area contributed by atoms with Crippen LogP contribution in [0.1, 0.15) is 6.92 Å². The number of hydrogen-bond acceptors (Lipinski definition) is 4. The fourth-order valence-corrected chi connectivity index (χ4v) is 2.20. The molecule has 2 aromatic carbocycles. The molecule has 122 valence electrons. The molecule has 0 atom stereocenters. The number of amides is 1. The Bertz CT molecular complexity index is 617. The molecule has 0 aliphatic rings. The summed E-state index contributed by atoms with van der Waals surface area (Å²) in [6.07, 6.45) is -0.446. The van der Waals surface area contributed by atoms with Crippen molar-refractivity contribution < 1.29 is 14.3 Å². The van der Waals surface area contributed by atoms with Gasteiger partial charge in [0.05, 0.1) is 13.7 Å². The van der Waals surface area contributed by atoms with Crippen molar-refractivity contribution in [2.75, 3.05) is 37.0 Å². The second kappa shape index (κ2) is 8.68. The second-order valence-electron chi connectivity index (χ2n) is 4.91. The van der Waals surface area contributed by atoms with Crippen LogP contribution in [0.2, 0.25) is 0 Å². The standard InChI is InChI=1S/C18H22N2O3/c1-3-20(16-10-7-11-17(14-16)22-2)12-13-23-18(21)19-15-8-5-4-6-9-15/h4-11,14H,3,12-13H2,1-2H3,(H,19,21). The van der Waals surface area contributed by atoms with Gasteiger partial charge in [0.2, 0.25) is 0 Å². The average Bonchev–Trinajstić information content (AvgIpc) is 2.59. The lowest BCUT2D eigenvalue weighted by molar-refractivity contribution is 0.164. The van der Waals surface area contributed by atoms with Crippen LogP contribution in [0, 0.1) is 0 Å². The van der Waals surface area contributed by atoms with Crippen molar-refractivity contribution in [3.63, 3.8) is 0 Å². The smallest absolute Gasteiger partial charge is 0.411 e. The lowest BCUT2D eigenvalue weighted by Crippen LogP contribution is -2.28. The van der Waals surface area contributed by atoms with Crippen molar-refractivity contribution in [1.29, 1.82) is 0 Å². The second-order valence-corrected chi connectivity index (χ2v) is 4.91. The van der Waals surface area contributed by atoms with E-state index in [2.05, 4.69) is 17.1 Å². The average molecular weight is 314 g/mol. The van der Waals surface area contributed by atoms with Gasteiger partial charge >= 0.3 is 6.09 Å². The summed E-state index contributed by atoms with van der Waals surface area (Å²) in [5, 5.41) is 2.69. The summed E-state index contributed by atoms with van der Waals surface area (Å²) in [7, 11) is 1.65. The van der Waals surface area contributed by atoms with Crippen LogP contribution in [0.5, 0.6) is 5.75 Å². The largest absolute Gasteiger partial charge is 0.497 e. The molecule has 2 aromatic rings. The molecule has 0 aromatic heterocycles. The SMILES string of the molecule is CCN(CCOC(=O)Nc1ccccc1)c1cccc(OC)c1. The predicted octanol–water partition coefficient (Wildman–Crippen LogP) is 3.77. The number of anilines is 2. The zero-order valence-electron chi connectivity index (χ0n) is 13.5. The summed E-state index contributed by atoms with van der Waals surface area (Å²) >= 11 is 0. The van der Waals surface area contributed by atoms with E-state index in [9.17, 15) is 4.79 Å². The van der Waals surface area contributed by atoms with Gasteiger partial charge in [-0.2, -0.15) is 0 Å². The van der Waals surface area contributed by atoms with Gasteiger partial charge in [0.1, 0.15) is 12.4 Å². The van der Waals surface area contributed by atoms with Crippen molar-refractivity contribution in [2.45, 2.75) is 6.92 Å². The van der Waals surface area contributed by atoms with E-state index >= 15 is 0 Å². The fourth-order valence-electron chi connectivity index (χ4n) is 2.20. The summed E-state index contributed by atoms with van der Waals surface area (Å²) in [6, 6.07) is 17.1. The number of ether oxygens (including phenoxy) is 2. The third kappa shape index (κ3) is 5.21. The Morgan fingerprint density at radius 1 is 1.13 bits per heavy atom.